The summed E-state index contributed by atoms with van der Waals surface area (Å²) in [7, 11) is 0. The van der Waals surface area contributed by atoms with E-state index in [2.05, 4.69) is 16.8 Å². The molecule has 0 radical (unpaired) electrons. The number of hydrogen-bond donors (Lipinski definition) is 0. The van der Waals surface area contributed by atoms with Gasteiger partial charge in [-0.2, -0.15) is 5.11 Å². The maximum atomic E-state index is 13.5. The molecule has 0 fully saturated rings. The molecule has 0 saturated carbocycles. The Morgan fingerprint density at radius 1 is 1.55 bits per heavy atom. The molecule has 0 saturated heterocycles. The third-order valence-electron chi connectivity index (χ3n) is 2.78. The van der Waals surface area contributed by atoms with E-state index >= 15 is 0 Å². The lowest BCUT2D eigenvalue weighted by molar-refractivity contribution is 0.131. The minimum Gasteiger partial charge on any atom is -0.483 e. The Kier molecular flexibility index (Phi) is 4.39. The molecule has 2 atom stereocenters. The summed E-state index contributed by atoms with van der Waals surface area (Å²) in [6.45, 7) is 5.82. The number of thiocarbonyl (C=S) groups is 1. The van der Waals surface area contributed by atoms with E-state index in [1.165, 1.54) is 6.07 Å². The van der Waals surface area contributed by atoms with Crippen LogP contribution in [-0.4, -0.2) is 28.8 Å². The second kappa shape index (κ2) is 6.04. The van der Waals surface area contributed by atoms with Crippen LogP contribution < -0.4 is 4.74 Å². The molecule has 0 bridgehead atoms. The summed E-state index contributed by atoms with van der Waals surface area (Å²) in [5.74, 6) is -1.45. The van der Waals surface area contributed by atoms with Crippen molar-refractivity contribution < 1.29 is 13.5 Å². The SMILES string of the molecule is C=CCN1C(=S)N=NC1C(C)Oc1ccc(F)cc1F. The number of azo groups is 1. The fraction of sp³-hybridized carbons (Fsp3) is 0.308. The van der Waals surface area contributed by atoms with Crippen LogP contribution in [-0.2, 0) is 0 Å². The fourth-order valence-electron chi connectivity index (χ4n) is 1.85. The minimum atomic E-state index is -0.760. The quantitative estimate of drug-likeness (QED) is 0.618. The van der Waals surface area contributed by atoms with Crippen molar-refractivity contribution in [3.8, 4) is 5.75 Å². The Morgan fingerprint density at radius 2 is 2.30 bits per heavy atom. The Bertz CT molecular complexity index is 565. The van der Waals surface area contributed by atoms with Crippen LogP contribution in [0.5, 0.6) is 5.75 Å². The third-order valence-corrected chi connectivity index (χ3v) is 3.10. The van der Waals surface area contributed by atoms with E-state index in [0.717, 1.165) is 12.1 Å². The zero-order chi connectivity index (χ0) is 14.7. The predicted molar refractivity (Wildman–Crippen MR) is 74.6 cm³/mol. The molecule has 2 unspecified atom stereocenters. The number of hydrogen-bond acceptors (Lipinski definition) is 3. The first-order chi connectivity index (χ1) is 9.52. The van der Waals surface area contributed by atoms with Gasteiger partial charge in [-0.3, -0.25) is 0 Å². The monoisotopic (exact) mass is 297 g/mol. The van der Waals surface area contributed by atoms with Crippen LogP contribution in [0.25, 0.3) is 0 Å². The second-order valence-electron chi connectivity index (χ2n) is 4.25. The largest absolute Gasteiger partial charge is 0.483 e. The molecule has 7 heteroatoms. The summed E-state index contributed by atoms with van der Waals surface area (Å²) in [4.78, 5) is 1.72. The van der Waals surface area contributed by atoms with E-state index in [1.54, 1.807) is 17.9 Å². The van der Waals surface area contributed by atoms with E-state index < -0.39 is 23.9 Å². The Hall–Kier alpha value is -1.89. The molecule has 0 aliphatic carbocycles. The molecule has 1 aliphatic rings. The second-order valence-corrected chi connectivity index (χ2v) is 4.62. The summed E-state index contributed by atoms with van der Waals surface area (Å²) >= 11 is 5.05. The van der Waals surface area contributed by atoms with E-state index in [9.17, 15) is 8.78 Å². The highest BCUT2D eigenvalue weighted by molar-refractivity contribution is 7.80. The van der Waals surface area contributed by atoms with Gasteiger partial charge in [0.1, 0.15) is 11.9 Å². The summed E-state index contributed by atoms with van der Waals surface area (Å²) in [6.07, 6.45) is 0.713. The van der Waals surface area contributed by atoms with E-state index in [1.807, 2.05) is 0 Å². The summed E-state index contributed by atoms with van der Waals surface area (Å²) in [6, 6.07) is 3.14. The highest BCUT2D eigenvalue weighted by Gasteiger charge is 2.32. The van der Waals surface area contributed by atoms with Crippen LogP contribution in [0.4, 0.5) is 8.78 Å². The van der Waals surface area contributed by atoms with E-state index in [4.69, 9.17) is 17.0 Å². The van der Waals surface area contributed by atoms with Gasteiger partial charge in [0.15, 0.2) is 17.7 Å². The average molecular weight is 297 g/mol. The first kappa shape index (κ1) is 14.5. The Labute approximate surface area is 120 Å². The van der Waals surface area contributed by atoms with Crippen LogP contribution in [0.3, 0.4) is 0 Å². The summed E-state index contributed by atoms with van der Waals surface area (Å²) in [5.41, 5.74) is 0. The molecule has 0 spiro atoms. The van der Waals surface area contributed by atoms with Crippen LogP contribution in [0, 0.1) is 11.6 Å². The van der Waals surface area contributed by atoms with Gasteiger partial charge in [0.2, 0.25) is 5.11 Å². The number of nitrogens with zero attached hydrogens (tertiary/aromatic N) is 3. The maximum absolute atomic E-state index is 13.5. The lowest BCUT2D eigenvalue weighted by Crippen LogP contribution is -2.42. The summed E-state index contributed by atoms with van der Waals surface area (Å²) < 4.78 is 31.9. The highest BCUT2D eigenvalue weighted by atomic mass is 32.1. The van der Waals surface area contributed by atoms with Gasteiger partial charge in [0.25, 0.3) is 0 Å². The number of halogens is 2. The van der Waals surface area contributed by atoms with Gasteiger partial charge in [0, 0.05) is 12.6 Å². The first-order valence-electron chi connectivity index (χ1n) is 5.97. The van der Waals surface area contributed by atoms with E-state index in [0.29, 0.717) is 11.7 Å². The first-order valence-corrected chi connectivity index (χ1v) is 6.38. The highest BCUT2D eigenvalue weighted by Crippen LogP contribution is 2.23. The van der Waals surface area contributed by atoms with Crippen LogP contribution in [0.15, 0.2) is 41.1 Å². The predicted octanol–water partition coefficient (Wildman–Crippen LogP) is 3.30. The van der Waals surface area contributed by atoms with Crippen molar-refractivity contribution in [1.82, 2.24) is 4.90 Å². The van der Waals surface area contributed by atoms with Crippen LogP contribution in [0.2, 0.25) is 0 Å². The van der Waals surface area contributed by atoms with E-state index in [-0.39, 0.29) is 5.75 Å². The smallest absolute Gasteiger partial charge is 0.218 e. The zero-order valence-electron chi connectivity index (χ0n) is 10.8. The minimum absolute atomic E-state index is 0.0366. The van der Waals surface area contributed by atoms with Gasteiger partial charge in [-0.05, 0) is 31.3 Å². The molecule has 1 aromatic carbocycles. The molecule has 106 valence electrons. The van der Waals surface area contributed by atoms with Crippen molar-refractivity contribution in [3.05, 3.63) is 42.5 Å². The molecule has 0 amide bonds. The third kappa shape index (κ3) is 2.98. The van der Waals surface area contributed by atoms with Gasteiger partial charge in [-0.25, -0.2) is 8.78 Å². The standard InChI is InChI=1S/C13H13F2N3OS/c1-3-6-18-12(16-17-13(18)20)8(2)19-11-5-4-9(14)7-10(11)15/h3-5,7-8,12H,1,6H2,2H3. The average Bonchev–Trinajstić information content (AvgIpc) is 2.75. The van der Waals surface area contributed by atoms with Gasteiger partial charge < -0.3 is 9.64 Å². The van der Waals surface area contributed by atoms with Crippen molar-refractivity contribution >= 4 is 17.3 Å². The maximum Gasteiger partial charge on any atom is 0.218 e. The number of rotatable bonds is 5. The molecule has 1 heterocycles. The molecule has 1 aromatic rings. The van der Waals surface area contributed by atoms with Gasteiger partial charge in [-0.1, -0.05) is 6.08 Å². The fourth-order valence-corrected chi connectivity index (χ4v) is 2.08. The topological polar surface area (TPSA) is 37.2 Å². The molecular weight excluding hydrogens is 284 g/mol. The van der Waals surface area contributed by atoms with Crippen molar-refractivity contribution in [2.24, 2.45) is 10.2 Å². The van der Waals surface area contributed by atoms with Gasteiger partial charge in [0.05, 0.1) is 0 Å². The number of benzene rings is 1. The van der Waals surface area contributed by atoms with Crippen molar-refractivity contribution in [2.75, 3.05) is 6.54 Å². The Balaban J connectivity index is 2.11. The van der Waals surface area contributed by atoms with Gasteiger partial charge >= 0.3 is 0 Å². The molecule has 1 aliphatic heterocycles. The summed E-state index contributed by atoms with van der Waals surface area (Å²) in [5, 5.41) is 8.16. The lowest BCUT2D eigenvalue weighted by Gasteiger charge is -2.26. The number of ether oxygens (including phenoxy) is 1. The molecule has 0 N–H and O–H groups in total. The Morgan fingerprint density at radius 3 is 2.95 bits per heavy atom. The normalized spacial score (nSPS) is 19.2. The molecule has 0 aromatic heterocycles. The zero-order valence-corrected chi connectivity index (χ0v) is 11.6. The lowest BCUT2D eigenvalue weighted by atomic mass is 10.2. The van der Waals surface area contributed by atoms with Crippen LogP contribution in [0.1, 0.15) is 6.92 Å². The molecule has 20 heavy (non-hydrogen) atoms. The van der Waals surface area contributed by atoms with Crippen LogP contribution >= 0.6 is 12.2 Å². The molecule has 2 rings (SSSR count). The van der Waals surface area contributed by atoms with Crippen molar-refractivity contribution in [1.29, 1.82) is 0 Å². The van der Waals surface area contributed by atoms with Crippen molar-refractivity contribution in [3.63, 3.8) is 0 Å². The molecular formula is C13H13F2N3OS. The van der Waals surface area contributed by atoms with Crippen molar-refractivity contribution in [2.45, 2.75) is 19.2 Å². The van der Waals surface area contributed by atoms with Gasteiger partial charge in [-0.15, -0.1) is 11.7 Å². The molecule has 4 nitrogen and oxygen atoms in total.